The molecule has 0 aliphatic carbocycles. The number of benzene rings is 2. The Kier molecular flexibility index (Phi) is 5.10. The second kappa shape index (κ2) is 7.23. The molecule has 0 radical (unpaired) electrons. The fraction of sp³-hybridized carbons (Fsp3) is 0.125. The average Bonchev–Trinajstić information content (AvgIpc) is 2.55. The number of nitro groups is 1. The lowest BCUT2D eigenvalue weighted by Gasteiger charge is -2.09. The second-order valence-corrected chi connectivity index (χ2v) is 4.93. The van der Waals surface area contributed by atoms with E-state index in [1.165, 1.54) is 42.5 Å². The SMILES string of the molecule is Cc1cc([N+](=O)[O-])ccc1NC(=O)COC(=O)c1ccc(O)cc1. The van der Waals surface area contributed by atoms with Crippen LogP contribution < -0.4 is 5.32 Å². The lowest BCUT2D eigenvalue weighted by Crippen LogP contribution is -2.21. The van der Waals surface area contributed by atoms with Crippen molar-refractivity contribution >= 4 is 23.3 Å². The Labute approximate surface area is 136 Å². The summed E-state index contributed by atoms with van der Waals surface area (Å²) < 4.78 is 4.86. The van der Waals surface area contributed by atoms with Gasteiger partial charge in [-0.1, -0.05) is 0 Å². The molecule has 0 saturated carbocycles. The van der Waals surface area contributed by atoms with Crippen LogP contribution in [-0.4, -0.2) is 28.5 Å². The fourth-order valence-corrected chi connectivity index (χ4v) is 1.90. The van der Waals surface area contributed by atoms with Gasteiger partial charge < -0.3 is 15.2 Å². The molecule has 2 aromatic rings. The van der Waals surface area contributed by atoms with Gasteiger partial charge in [-0.3, -0.25) is 14.9 Å². The number of nitrogens with one attached hydrogen (secondary N) is 1. The van der Waals surface area contributed by atoms with Crippen molar-refractivity contribution in [1.82, 2.24) is 0 Å². The van der Waals surface area contributed by atoms with Gasteiger partial charge in [-0.25, -0.2) is 4.79 Å². The Bertz CT molecular complexity index is 786. The van der Waals surface area contributed by atoms with E-state index in [1.807, 2.05) is 0 Å². The van der Waals surface area contributed by atoms with Crippen molar-refractivity contribution < 1.29 is 24.4 Å². The molecule has 0 spiro atoms. The van der Waals surface area contributed by atoms with Crippen LogP contribution in [0.5, 0.6) is 5.75 Å². The number of hydrogen-bond acceptors (Lipinski definition) is 6. The van der Waals surface area contributed by atoms with E-state index in [9.17, 15) is 19.7 Å². The van der Waals surface area contributed by atoms with Crippen LogP contribution in [-0.2, 0) is 9.53 Å². The predicted molar refractivity (Wildman–Crippen MR) is 84.9 cm³/mol. The van der Waals surface area contributed by atoms with E-state index in [2.05, 4.69) is 5.32 Å². The zero-order valence-corrected chi connectivity index (χ0v) is 12.7. The van der Waals surface area contributed by atoms with Gasteiger partial charge in [0.1, 0.15) is 5.75 Å². The van der Waals surface area contributed by atoms with Crippen LogP contribution in [0.1, 0.15) is 15.9 Å². The van der Waals surface area contributed by atoms with Crippen molar-refractivity contribution in [1.29, 1.82) is 0 Å². The second-order valence-electron chi connectivity index (χ2n) is 4.93. The largest absolute Gasteiger partial charge is 0.508 e. The van der Waals surface area contributed by atoms with Gasteiger partial charge in [0, 0.05) is 17.8 Å². The van der Waals surface area contributed by atoms with Gasteiger partial charge in [0.2, 0.25) is 0 Å². The van der Waals surface area contributed by atoms with Crippen LogP contribution in [0.3, 0.4) is 0 Å². The van der Waals surface area contributed by atoms with Gasteiger partial charge in [0.15, 0.2) is 6.61 Å². The summed E-state index contributed by atoms with van der Waals surface area (Å²) in [5.74, 6) is -1.26. The molecule has 124 valence electrons. The molecule has 2 N–H and O–H groups in total. The minimum absolute atomic E-state index is 0.0120. The number of nitrogens with zero attached hydrogens (tertiary/aromatic N) is 1. The van der Waals surface area contributed by atoms with Gasteiger partial charge in [0.05, 0.1) is 10.5 Å². The first-order chi connectivity index (χ1) is 11.4. The number of esters is 1. The molecule has 8 heteroatoms. The Balaban J connectivity index is 1.92. The lowest BCUT2D eigenvalue weighted by atomic mass is 10.2. The average molecular weight is 330 g/mol. The predicted octanol–water partition coefficient (Wildman–Crippen LogP) is 2.40. The summed E-state index contributed by atoms with van der Waals surface area (Å²) in [5, 5.41) is 22.3. The number of aromatic hydroxyl groups is 1. The van der Waals surface area contributed by atoms with Crippen molar-refractivity contribution in [2.24, 2.45) is 0 Å². The zero-order valence-electron chi connectivity index (χ0n) is 12.7. The van der Waals surface area contributed by atoms with E-state index < -0.39 is 23.4 Å². The van der Waals surface area contributed by atoms with E-state index in [4.69, 9.17) is 9.84 Å². The number of nitro benzene ring substituents is 1. The first-order valence-electron chi connectivity index (χ1n) is 6.88. The minimum Gasteiger partial charge on any atom is -0.508 e. The molecule has 2 rings (SSSR count). The fourth-order valence-electron chi connectivity index (χ4n) is 1.90. The van der Waals surface area contributed by atoms with Crippen molar-refractivity contribution in [2.75, 3.05) is 11.9 Å². The third kappa shape index (κ3) is 4.29. The summed E-state index contributed by atoms with van der Waals surface area (Å²) in [4.78, 5) is 33.7. The number of rotatable bonds is 5. The summed E-state index contributed by atoms with van der Waals surface area (Å²) >= 11 is 0. The summed E-state index contributed by atoms with van der Waals surface area (Å²) in [7, 11) is 0. The number of amides is 1. The zero-order chi connectivity index (χ0) is 17.7. The standard InChI is InChI=1S/C16H14N2O6/c1-10-8-12(18(22)23)4-7-14(10)17-15(20)9-24-16(21)11-2-5-13(19)6-3-11/h2-8,19H,9H2,1H3,(H,17,20). The van der Waals surface area contributed by atoms with Gasteiger partial charge in [0.25, 0.3) is 11.6 Å². The van der Waals surface area contributed by atoms with Gasteiger partial charge >= 0.3 is 5.97 Å². The van der Waals surface area contributed by atoms with E-state index in [0.29, 0.717) is 11.3 Å². The van der Waals surface area contributed by atoms with E-state index in [0.717, 1.165) is 0 Å². The highest BCUT2D eigenvalue weighted by Crippen LogP contribution is 2.21. The van der Waals surface area contributed by atoms with Crippen molar-refractivity contribution in [2.45, 2.75) is 6.92 Å². The molecule has 0 atom stereocenters. The highest BCUT2D eigenvalue weighted by atomic mass is 16.6. The summed E-state index contributed by atoms with van der Waals surface area (Å²) in [6, 6.07) is 9.41. The quantitative estimate of drug-likeness (QED) is 0.493. The molecule has 0 aliphatic heterocycles. The summed E-state index contributed by atoms with van der Waals surface area (Å²) in [6.45, 7) is 1.11. The topological polar surface area (TPSA) is 119 Å². The highest BCUT2D eigenvalue weighted by Gasteiger charge is 2.13. The molecule has 1 amide bonds. The molecular weight excluding hydrogens is 316 g/mol. The first kappa shape index (κ1) is 16.9. The number of anilines is 1. The molecule has 0 heterocycles. The normalized spacial score (nSPS) is 10.0. The number of ether oxygens (including phenoxy) is 1. The van der Waals surface area contributed by atoms with Crippen LogP contribution in [0.15, 0.2) is 42.5 Å². The Morgan fingerprint density at radius 2 is 1.88 bits per heavy atom. The van der Waals surface area contributed by atoms with Gasteiger partial charge in [-0.05, 0) is 42.8 Å². The van der Waals surface area contributed by atoms with Crippen molar-refractivity contribution in [3.63, 3.8) is 0 Å². The van der Waals surface area contributed by atoms with Crippen molar-refractivity contribution in [3.8, 4) is 5.75 Å². The van der Waals surface area contributed by atoms with Crippen LogP contribution in [0.25, 0.3) is 0 Å². The molecule has 0 fully saturated rings. The smallest absolute Gasteiger partial charge is 0.338 e. The molecule has 8 nitrogen and oxygen atoms in total. The number of carbonyl (C=O) groups is 2. The minimum atomic E-state index is -0.703. The van der Waals surface area contributed by atoms with Crippen LogP contribution >= 0.6 is 0 Å². The molecule has 0 aromatic heterocycles. The number of hydrogen-bond donors (Lipinski definition) is 2. The Hall–Kier alpha value is -3.42. The van der Waals surface area contributed by atoms with Crippen LogP contribution in [0.2, 0.25) is 0 Å². The maximum atomic E-state index is 11.8. The first-order valence-corrected chi connectivity index (χ1v) is 6.88. The molecule has 0 saturated heterocycles. The Morgan fingerprint density at radius 1 is 1.21 bits per heavy atom. The lowest BCUT2D eigenvalue weighted by molar-refractivity contribution is -0.384. The molecule has 2 aromatic carbocycles. The maximum Gasteiger partial charge on any atom is 0.338 e. The third-order valence-electron chi connectivity index (χ3n) is 3.13. The summed E-state index contributed by atoms with van der Waals surface area (Å²) in [5.41, 5.74) is 1.03. The summed E-state index contributed by atoms with van der Waals surface area (Å²) in [6.07, 6.45) is 0. The Morgan fingerprint density at radius 3 is 2.46 bits per heavy atom. The van der Waals surface area contributed by atoms with Gasteiger partial charge in [-0.15, -0.1) is 0 Å². The van der Waals surface area contributed by atoms with E-state index in [1.54, 1.807) is 6.92 Å². The third-order valence-corrected chi connectivity index (χ3v) is 3.13. The maximum absolute atomic E-state index is 11.8. The number of aryl methyl sites for hydroxylation is 1. The number of non-ortho nitro benzene ring substituents is 1. The number of phenolic OH excluding ortho intramolecular Hbond substituents is 1. The number of phenols is 1. The number of carbonyl (C=O) groups excluding carboxylic acids is 2. The molecular formula is C16H14N2O6. The molecule has 0 aliphatic rings. The molecule has 0 unspecified atom stereocenters. The van der Waals surface area contributed by atoms with Crippen molar-refractivity contribution in [3.05, 3.63) is 63.7 Å². The molecule has 24 heavy (non-hydrogen) atoms. The van der Waals surface area contributed by atoms with Crippen LogP contribution in [0, 0.1) is 17.0 Å². The molecule has 0 bridgehead atoms. The highest BCUT2D eigenvalue weighted by molar-refractivity contribution is 5.96. The van der Waals surface area contributed by atoms with Gasteiger partial charge in [-0.2, -0.15) is 0 Å². The van der Waals surface area contributed by atoms with E-state index >= 15 is 0 Å². The van der Waals surface area contributed by atoms with Crippen LogP contribution in [0.4, 0.5) is 11.4 Å². The van der Waals surface area contributed by atoms with E-state index in [-0.39, 0.29) is 17.0 Å². The monoisotopic (exact) mass is 330 g/mol.